The Hall–Kier alpha value is -3.00. The van der Waals surface area contributed by atoms with Gasteiger partial charge in [-0.1, -0.05) is 16.8 Å². The van der Waals surface area contributed by atoms with Crippen LogP contribution in [0.15, 0.2) is 41.1 Å². The molecule has 0 aliphatic carbocycles. The quantitative estimate of drug-likeness (QED) is 0.683. The fourth-order valence-corrected chi connectivity index (χ4v) is 3.84. The number of rotatable bonds is 4. The molecule has 1 aromatic carbocycles. The smallest absolute Gasteiger partial charge is 0.317 e. The maximum Gasteiger partial charge on any atom is 0.317 e. The number of carbonyl (C=O) groups excluding carboxylic acids is 2. The Balaban J connectivity index is 1.34. The van der Waals surface area contributed by atoms with Crippen LogP contribution < -0.4 is 5.32 Å². The number of fused-ring (bicyclic) bond motifs is 1. The van der Waals surface area contributed by atoms with Gasteiger partial charge in [-0.3, -0.25) is 4.79 Å². The third-order valence-corrected chi connectivity index (χ3v) is 5.51. The standard InChI is InChI=1S/C20H22ClN5O3/c1-25(16-3-2-7-26(12-16)19(27)18-6-8-29-24-18)20(28)22-11-15-10-13-9-14(21)4-5-17(13)23-15/h4-6,8-10,16,23H,2-3,7,11-12H2,1H3,(H,22,28)/t16-/m1/s1. The zero-order valence-corrected chi connectivity index (χ0v) is 16.8. The summed E-state index contributed by atoms with van der Waals surface area (Å²) in [5, 5.41) is 8.33. The Bertz CT molecular complexity index is 1020. The van der Waals surface area contributed by atoms with Crippen molar-refractivity contribution in [1.82, 2.24) is 25.3 Å². The first-order valence-electron chi connectivity index (χ1n) is 9.49. The summed E-state index contributed by atoms with van der Waals surface area (Å²) < 4.78 is 4.76. The average Bonchev–Trinajstić information content (AvgIpc) is 3.40. The van der Waals surface area contributed by atoms with E-state index in [4.69, 9.17) is 16.1 Å². The number of nitrogens with one attached hydrogen (secondary N) is 2. The summed E-state index contributed by atoms with van der Waals surface area (Å²) in [5.41, 5.74) is 2.16. The van der Waals surface area contributed by atoms with Crippen LogP contribution in [0, 0.1) is 0 Å². The lowest BCUT2D eigenvalue weighted by atomic mass is 10.0. The second kappa shape index (κ2) is 8.16. The summed E-state index contributed by atoms with van der Waals surface area (Å²) in [6.45, 7) is 1.50. The topological polar surface area (TPSA) is 94.5 Å². The molecule has 152 valence electrons. The molecule has 3 heterocycles. The van der Waals surface area contributed by atoms with Crippen LogP contribution in [0.3, 0.4) is 0 Å². The first-order chi connectivity index (χ1) is 14.0. The van der Waals surface area contributed by atoms with E-state index in [0.29, 0.717) is 24.7 Å². The van der Waals surface area contributed by atoms with Crippen LogP contribution in [-0.4, -0.2) is 58.1 Å². The van der Waals surface area contributed by atoms with E-state index in [-0.39, 0.29) is 23.7 Å². The highest BCUT2D eigenvalue weighted by molar-refractivity contribution is 6.31. The monoisotopic (exact) mass is 415 g/mol. The molecule has 1 saturated heterocycles. The van der Waals surface area contributed by atoms with Gasteiger partial charge in [0.25, 0.3) is 5.91 Å². The molecule has 0 spiro atoms. The summed E-state index contributed by atoms with van der Waals surface area (Å²) in [4.78, 5) is 31.8. The zero-order chi connectivity index (χ0) is 20.4. The Kier molecular flexibility index (Phi) is 5.44. The predicted molar refractivity (Wildman–Crippen MR) is 109 cm³/mol. The second-order valence-electron chi connectivity index (χ2n) is 7.23. The Morgan fingerprint density at radius 3 is 3.03 bits per heavy atom. The lowest BCUT2D eigenvalue weighted by molar-refractivity contribution is 0.0626. The molecule has 0 saturated carbocycles. The number of amides is 3. The number of nitrogens with zero attached hydrogens (tertiary/aromatic N) is 3. The number of hydrogen-bond donors (Lipinski definition) is 2. The number of halogens is 1. The number of H-pyrrole nitrogens is 1. The van der Waals surface area contributed by atoms with Crippen LogP contribution in [0.1, 0.15) is 29.0 Å². The normalized spacial score (nSPS) is 16.8. The minimum Gasteiger partial charge on any atom is -0.364 e. The lowest BCUT2D eigenvalue weighted by Crippen LogP contribution is -2.52. The first-order valence-corrected chi connectivity index (χ1v) is 9.86. The molecule has 2 N–H and O–H groups in total. The molecule has 3 aromatic rings. The van der Waals surface area contributed by atoms with Gasteiger partial charge in [-0.2, -0.15) is 0 Å². The number of urea groups is 1. The van der Waals surface area contributed by atoms with Crippen molar-refractivity contribution in [2.45, 2.75) is 25.4 Å². The highest BCUT2D eigenvalue weighted by Gasteiger charge is 2.29. The van der Waals surface area contributed by atoms with Crippen LogP contribution in [0.5, 0.6) is 0 Å². The van der Waals surface area contributed by atoms with Crippen molar-refractivity contribution in [3.63, 3.8) is 0 Å². The van der Waals surface area contributed by atoms with Crippen LogP contribution in [0.4, 0.5) is 4.79 Å². The molecule has 9 heteroatoms. The minimum atomic E-state index is -0.178. The average molecular weight is 416 g/mol. The van der Waals surface area contributed by atoms with E-state index < -0.39 is 0 Å². The number of aromatic amines is 1. The van der Waals surface area contributed by atoms with Gasteiger partial charge in [-0.25, -0.2) is 4.79 Å². The van der Waals surface area contributed by atoms with Crippen molar-refractivity contribution in [3.8, 4) is 0 Å². The highest BCUT2D eigenvalue weighted by atomic mass is 35.5. The molecule has 8 nitrogen and oxygen atoms in total. The molecule has 29 heavy (non-hydrogen) atoms. The van der Waals surface area contributed by atoms with E-state index in [1.165, 1.54) is 6.26 Å². The number of piperidine rings is 1. The molecule has 0 bridgehead atoms. The van der Waals surface area contributed by atoms with Crippen molar-refractivity contribution in [2.24, 2.45) is 0 Å². The Labute approximate surface area is 172 Å². The van der Waals surface area contributed by atoms with Crippen molar-refractivity contribution >= 4 is 34.4 Å². The van der Waals surface area contributed by atoms with Gasteiger partial charge < -0.3 is 24.6 Å². The van der Waals surface area contributed by atoms with Gasteiger partial charge in [0.15, 0.2) is 5.69 Å². The van der Waals surface area contributed by atoms with Crippen molar-refractivity contribution in [1.29, 1.82) is 0 Å². The molecule has 1 aliphatic heterocycles. The van der Waals surface area contributed by atoms with Crippen LogP contribution in [0.2, 0.25) is 5.02 Å². The lowest BCUT2D eigenvalue weighted by Gasteiger charge is -2.37. The number of carbonyl (C=O) groups is 2. The third-order valence-electron chi connectivity index (χ3n) is 5.28. The van der Waals surface area contributed by atoms with Crippen LogP contribution >= 0.6 is 11.6 Å². The van der Waals surface area contributed by atoms with Gasteiger partial charge in [0, 0.05) is 47.8 Å². The van der Waals surface area contributed by atoms with Crippen molar-refractivity contribution in [3.05, 3.63) is 53.0 Å². The number of likely N-dealkylation sites (N-methyl/N-ethyl adjacent to an activating group) is 1. The fourth-order valence-electron chi connectivity index (χ4n) is 3.66. The largest absolute Gasteiger partial charge is 0.364 e. The SMILES string of the molecule is CN(C(=O)NCc1cc2cc(Cl)ccc2[nH]1)[C@@H]1CCCN(C(=O)c2ccon2)C1. The van der Waals surface area contributed by atoms with Crippen LogP contribution in [0.25, 0.3) is 10.9 Å². The molecular formula is C20H22ClN5O3. The van der Waals surface area contributed by atoms with Gasteiger partial charge >= 0.3 is 6.03 Å². The van der Waals surface area contributed by atoms with Gasteiger partial charge in [0.2, 0.25) is 0 Å². The molecular weight excluding hydrogens is 394 g/mol. The predicted octanol–water partition coefficient (Wildman–Crippen LogP) is 3.26. The zero-order valence-electron chi connectivity index (χ0n) is 16.0. The van der Waals surface area contributed by atoms with Gasteiger partial charge in [-0.05, 0) is 37.1 Å². The number of likely N-dealkylation sites (tertiary alicyclic amines) is 1. The summed E-state index contributed by atoms with van der Waals surface area (Å²) in [6.07, 6.45) is 3.05. The van der Waals surface area contributed by atoms with Crippen molar-refractivity contribution < 1.29 is 14.1 Å². The second-order valence-corrected chi connectivity index (χ2v) is 7.66. The van der Waals surface area contributed by atoms with E-state index in [9.17, 15) is 9.59 Å². The Morgan fingerprint density at radius 1 is 1.38 bits per heavy atom. The highest BCUT2D eigenvalue weighted by Crippen LogP contribution is 2.20. The third kappa shape index (κ3) is 4.22. The molecule has 1 fully saturated rings. The summed E-state index contributed by atoms with van der Waals surface area (Å²) in [7, 11) is 1.76. The van der Waals surface area contributed by atoms with E-state index in [1.54, 1.807) is 22.9 Å². The minimum absolute atomic E-state index is 0.0545. The summed E-state index contributed by atoms with van der Waals surface area (Å²) in [6, 6.07) is 8.91. The molecule has 4 rings (SSSR count). The van der Waals surface area contributed by atoms with Gasteiger partial charge in [0.1, 0.15) is 6.26 Å². The van der Waals surface area contributed by atoms with Gasteiger partial charge in [0.05, 0.1) is 12.6 Å². The molecule has 0 unspecified atom stereocenters. The maximum atomic E-state index is 12.6. The number of aromatic nitrogens is 2. The van der Waals surface area contributed by atoms with E-state index in [2.05, 4.69) is 15.5 Å². The summed E-state index contributed by atoms with van der Waals surface area (Å²) in [5.74, 6) is -0.172. The van der Waals surface area contributed by atoms with E-state index >= 15 is 0 Å². The molecule has 0 radical (unpaired) electrons. The first kappa shape index (κ1) is 19.3. The van der Waals surface area contributed by atoms with E-state index in [1.807, 2.05) is 24.3 Å². The molecule has 1 aliphatic rings. The number of benzene rings is 1. The molecule has 2 aromatic heterocycles. The summed E-state index contributed by atoms with van der Waals surface area (Å²) >= 11 is 6.02. The van der Waals surface area contributed by atoms with Crippen LogP contribution in [-0.2, 0) is 6.54 Å². The number of hydrogen-bond acceptors (Lipinski definition) is 4. The van der Waals surface area contributed by atoms with Gasteiger partial charge in [-0.15, -0.1) is 0 Å². The maximum absolute atomic E-state index is 12.6. The molecule has 1 atom stereocenters. The van der Waals surface area contributed by atoms with E-state index in [0.717, 1.165) is 29.4 Å². The molecule has 3 amide bonds. The van der Waals surface area contributed by atoms with Crippen molar-refractivity contribution in [2.75, 3.05) is 20.1 Å². The fraction of sp³-hybridized carbons (Fsp3) is 0.350. The Morgan fingerprint density at radius 2 is 2.24 bits per heavy atom.